The van der Waals surface area contributed by atoms with Crippen molar-refractivity contribution in [1.82, 2.24) is 15.8 Å². The molecule has 0 aromatic heterocycles. The van der Waals surface area contributed by atoms with Crippen molar-refractivity contribution in [1.29, 1.82) is 0 Å². The van der Waals surface area contributed by atoms with Gasteiger partial charge in [-0.25, -0.2) is 9.59 Å². The number of methoxy groups -OCH3 is 3. The largest absolute Gasteiger partial charge is 0.493 e. The summed E-state index contributed by atoms with van der Waals surface area (Å²) in [7, 11) is 4.42. The molecule has 0 radical (unpaired) electrons. The highest BCUT2D eigenvalue weighted by Gasteiger charge is 2.52. The van der Waals surface area contributed by atoms with Crippen molar-refractivity contribution in [3.05, 3.63) is 23.8 Å². The Balaban J connectivity index is 1.54. The lowest BCUT2D eigenvalue weighted by Gasteiger charge is -2.33. The van der Waals surface area contributed by atoms with Crippen molar-refractivity contribution in [3.63, 3.8) is 0 Å². The van der Waals surface area contributed by atoms with E-state index in [1.807, 2.05) is 0 Å². The van der Waals surface area contributed by atoms with Crippen molar-refractivity contribution in [2.75, 3.05) is 27.9 Å². The minimum absolute atomic E-state index is 0.409. The van der Waals surface area contributed by atoms with Crippen molar-refractivity contribution >= 4 is 29.9 Å². The molecule has 1 aromatic rings. The van der Waals surface area contributed by atoms with E-state index in [9.17, 15) is 19.2 Å². The molecule has 0 bridgehead atoms. The van der Waals surface area contributed by atoms with Gasteiger partial charge in [-0.2, -0.15) is 5.01 Å². The van der Waals surface area contributed by atoms with Crippen LogP contribution in [0.15, 0.2) is 18.2 Å². The predicted octanol–water partition coefficient (Wildman–Crippen LogP) is 1.80. The van der Waals surface area contributed by atoms with Gasteiger partial charge in [0.25, 0.3) is 11.8 Å². The zero-order chi connectivity index (χ0) is 24.9. The van der Waals surface area contributed by atoms with Crippen LogP contribution in [0.25, 0.3) is 6.08 Å². The molecule has 1 aliphatic heterocycles. The maximum Gasteiger partial charge on any atom is 0.344 e. The summed E-state index contributed by atoms with van der Waals surface area (Å²) >= 11 is 0. The van der Waals surface area contributed by atoms with E-state index in [4.69, 9.17) is 18.9 Å². The number of carbonyl (C=O) groups excluding carboxylic acids is 4. The third-order valence-corrected chi connectivity index (χ3v) is 5.97. The van der Waals surface area contributed by atoms with Gasteiger partial charge in [-0.1, -0.05) is 6.92 Å². The summed E-state index contributed by atoms with van der Waals surface area (Å²) in [6.07, 6.45) is 5.24. The van der Waals surface area contributed by atoms with Gasteiger partial charge in [0, 0.05) is 6.08 Å². The van der Waals surface area contributed by atoms with Crippen LogP contribution in [-0.4, -0.2) is 62.3 Å². The van der Waals surface area contributed by atoms with Crippen molar-refractivity contribution in [2.45, 2.75) is 38.1 Å². The van der Waals surface area contributed by atoms with E-state index in [1.54, 1.807) is 12.1 Å². The van der Waals surface area contributed by atoms with Gasteiger partial charge in [0.1, 0.15) is 5.54 Å². The molecule has 4 amide bonds. The summed E-state index contributed by atoms with van der Waals surface area (Å²) in [5, 5.41) is 3.36. The van der Waals surface area contributed by atoms with Gasteiger partial charge < -0.3 is 24.3 Å². The zero-order valence-electron chi connectivity index (χ0n) is 19.6. The molecule has 11 heteroatoms. The molecule has 1 aliphatic carbocycles. The Bertz CT molecular complexity index is 973. The van der Waals surface area contributed by atoms with Crippen molar-refractivity contribution in [3.8, 4) is 17.2 Å². The highest BCUT2D eigenvalue weighted by Crippen LogP contribution is 2.38. The molecular formula is C23H29N3O8. The smallest absolute Gasteiger partial charge is 0.344 e. The van der Waals surface area contributed by atoms with E-state index in [2.05, 4.69) is 17.7 Å². The summed E-state index contributed by atoms with van der Waals surface area (Å²) in [5.41, 5.74) is 1.81. The highest BCUT2D eigenvalue weighted by molar-refractivity contribution is 6.08. The Morgan fingerprint density at radius 3 is 2.29 bits per heavy atom. The molecule has 184 valence electrons. The maximum absolute atomic E-state index is 12.8. The topological polar surface area (TPSA) is 132 Å². The first kappa shape index (κ1) is 24.9. The minimum atomic E-state index is -0.975. The van der Waals surface area contributed by atoms with E-state index in [0.717, 1.165) is 18.9 Å². The number of nitrogens with one attached hydrogen (secondary N) is 2. The SMILES string of the molecule is COc1cc(/C=C/C(=O)OCC(=O)NN2C(=O)NC3(CCC(C)CC3)C2=O)cc(OC)c1OC. The molecule has 0 atom stereocenters. The van der Waals surface area contributed by atoms with Crippen molar-refractivity contribution in [2.24, 2.45) is 5.92 Å². The maximum atomic E-state index is 12.8. The van der Waals surface area contributed by atoms with Gasteiger partial charge in [0.2, 0.25) is 5.75 Å². The van der Waals surface area contributed by atoms with Gasteiger partial charge in [-0.3, -0.25) is 15.0 Å². The van der Waals surface area contributed by atoms with Crippen LogP contribution in [0.2, 0.25) is 0 Å². The number of hydrogen-bond donors (Lipinski definition) is 2. The van der Waals surface area contributed by atoms with Gasteiger partial charge in [-0.15, -0.1) is 0 Å². The molecule has 1 saturated carbocycles. The second kappa shape index (κ2) is 10.4. The number of ether oxygens (including phenoxy) is 4. The Labute approximate surface area is 197 Å². The molecule has 1 saturated heterocycles. The summed E-state index contributed by atoms with van der Waals surface area (Å²) in [4.78, 5) is 49.3. The first-order valence-corrected chi connectivity index (χ1v) is 10.8. The summed E-state index contributed by atoms with van der Waals surface area (Å²) in [6, 6.07) is 2.58. The van der Waals surface area contributed by atoms with E-state index < -0.39 is 36.0 Å². The number of esters is 1. The molecule has 2 N–H and O–H groups in total. The number of hydrogen-bond acceptors (Lipinski definition) is 8. The van der Waals surface area contributed by atoms with Crippen LogP contribution < -0.4 is 25.0 Å². The highest BCUT2D eigenvalue weighted by atomic mass is 16.5. The molecule has 2 fully saturated rings. The molecular weight excluding hydrogens is 446 g/mol. The molecule has 11 nitrogen and oxygen atoms in total. The number of carbonyl (C=O) groups is 4. The fourth-order valence-corrected chi connectivity index (χ4v) is 4.02. The summed E-state index contributed by atoms with van der Waals surface area (Å²) in [5.74, 6) is -0.386. The van der Waals surface area contributed by atoms with E-state index in [1.165, 1.54) is 27.4 Å². The normalized spacial score (nSPS) is 22.0. The van der Waals surface area contributed by atoms with Crippen molar-refractivity contribution < 1.29 is 38.1 Å². The van der Waals surface area contributed by atoms with Gasteiger partial charge >= 0.3 is 12.0 Å². The Morgan fingerprint density at radius 2 is 1.74 bits per heavy atom. The summed E-state index contributed by atoms with van der Waals surface area (Å²) in [6.45, 7) is 1.43. The fourth-order valence-electron chi connectivity index (χ4n) is 4.02. The van der Waals surface area contributed by atoms with Crippen LogP contribution in [0.1, 0.15) is 38.2 Å². The zero-order valence-corrected chi connectivity index (χ0v) is 19.6. The number of hydrazine groups is 1. The van der Waals surface area contributed by atoms with E-state index >= 15 is 0 Å². The first-order chi connectivity index (χ1) is 16.2. The van der Waals surface area contributed by atoms with Crippen LogP contribution in [0.5, 0.6) is 17.2 Å². The lowest BCUT2D eigenvalue weighted by molar-refractivity contribution is -0.147. The molecule has 34 heavy (non-hydrogen) atoms. The van der Waals surface area contributed by atoms with Gasteiger partial charge in [-0.05, 0) is 55.4 Å². The molecule has 2 aliphatic rings. The molecule has 3 rings (SSSR count). The monoisotopic (exact) mass is 475 g/mol. The second-order valence-corrected chi connectivity index (χ2v) is 8.27. The third-order valence-electron chi connectivity index (χ3n) is 5.97. The molecule has 0 unspecified atom stereocenters. The van der Waals surface area contributed by atoms with Crippen LogP contribution >= 0.6 is 0 Å². The number of imide groups is 1. The molecule has 1 aromatic carbocycles. The first-order valence-electron chi connectivity index (χ1n) is 10.8. The fraction of sp³-hybridized carbons (Fsp3) is 0.478. The second-order valence-electron chi connectivity index (χ2n) is 8.27. The quantitative estimate of drug-likeness (QED) is 0.330. The van der Waals surface area contributed by atoms with Crippen LogP contribution in [-0.2, 0) is 19.1 Å². The number of amides is 4. The van der Waals surface area contributed by atoms with E-state index in [-0.39, 0.29) is 0 Å². The number of nitrogens with zero attached hydrogens (tertiary/aromatic N) is 1. The van der Waals surface area contributed by atoms with Crippen LogP contribution in [0.3, 0.4) is 0 Å². The Morgan fingerprint density at radius 1 is 1.12 bits per heavy atom. The standard InChI is InChI=1S/C23H29N3O8/c1-14-7-9-23(10-8-14)21(29)26(22(30)24-23)25-18(27)13-34-19(28)6-5-15-11-16(31-2)20(33-4)17(12-15)32-3/h5-6,11-12,14H,7-10,13H2,1-4H3,(H,24,30)(H,25,27)/b6-5+. The van der Waals surface area contributed by atoms with Crippen LogP contribution in [0, 0.1) is 5.92 Å². The third kappa shape index (κ3) is 5.24. The number of rotatable bonds is 8. The van der Waals surface area contributed by atoms with Gasteiger partial charge in [0.05, 0.1) is 21.3 Å². The Hall–Kier alpha value is -3.76. The number of benzene rings is 1. The average Bonchev–Trinajstić information content (AvgIpc) is 3.06. The van der Waals surface area contributed by atoms with Gasteiger partial charge in [0.15, 0.2) is 18.1 Å². The lowest BCUT2D eigenvalue weighted by atomic mass is 9.77. The summed E-state index contributed by atoms with van der Waals surface area (Å²) < 4.78 is 20.7. The lowest BCUT2D eigenvalue weighted by Crippen LogP contribution is -2.52. The molecule has 1 spiro atoms. The average molecular weight is 475 g/mol. The molecule has 1 heterocycles. The Kier molecular flexibility index (Phi) is 7.64. The predicted molar refractivity (Wildman–Crippen MR) is 120 cm³/mol. The van der Waals surface area contributed by atoms with E-state index in [0.29, 0.717) is 46.6 Å². The minimum Gasteiger partial charge on any atom is -0.493 e. The van der Waals surface area contributed by atoms with Crippen LogP contribution in [0.4, 0.5) is 4.79 Å². The number of urea groups is 1.